The zero-order valence-electron chi connectivity index (χ0n) is 24.3. The van der Waals surface area contributed by atoms with Gasteiger partial charge in [0, 0.05) is 18.2 Å². The fourth-order valence-corrected chi connectivity index (χ4v) is 4.30. The molecule has 0 aliphatic heterocycles. The second-order valence-electron chi connectivity index (χ2n) is 11.4. The molecule has 3 rings (SSSR count). The van der Waals surface area contributed by atoms with Crippen LogP contribution >= 0.6 is 0 Å². The number of ether oxygens (including phenoxy) is 5. The Balaban J connectivity index is 2.17. The van der Waals surface area contributed by atoms with E-state index >= 15 is 0 Å². The third kappa shape index (κ3) is 6.48. The second kappa shape index (κ2) is 11.5. The van der Waals surface area contributed by atoms with Crippen molar-refractivity contribution >= 4 is 5.97 Å². The molecule has 0 atom stereocenters. The van der Waals surface area contributed by atoms with E-state index in [2.05, 4.69) is 41.5 Å². The molecule has 6 nitrogen and oxygen atoms in total. The van der Waals surface area contributed by atoms with Crippen LogP contribution in [0.15, 0.2) is 48.5 Å². The molecule has 3 aromatic carbocycles. The van der Waals surface area contributed by atoms with Gasteiger partial charge in [-0.05, 0) is 76.9 Å². The zero-order valence-corrected chi connectivity index (χ0v) is 24.3. The van der Waals surface area contributed by atoms with E-state index in [4.69, 9.17) is 23.7 Å². The standard InChI is InChI=1S/C32H40O6/c1-20-15-22(37-19-34-8)12-13-24(20)25-14-11-21(35-9)16-26(25)30(33)38-29-27(31(2,3)4)17-23(36-10)18-28(29)32(5,6)7/h11-18H,19H2,1-10H3. The quantitative estimate of drug-likeness (QED) is 0.174. The van der Waals surface area contributed by atoms with Gasteiger partial charge < -0.3 is 23.7 Å². The molecule has 6 heteroatoms. The number of carbonyl (C=O) groups is 1. The summed E-state index contributed by atoms with van der Waals surface area (Å²) in [6.45, 7) is 14.7. The van der Waals surface area contributed by atoms with Crippen LogP contribution in [0.2, 0.25) is 0 Å². The van der Waals surface area contributed by atoms with Gasteiger partial charge >= 0.3 is 5.97 Å². The fraction of sp³-hybridized carbons (Fsp3) is 0.406. The van der Waals surface area contributed by atoms with Crippen LogP contribution < -0.4 is 18.9 Å². The molecule has 0 radical (unpaired) electrons. The van der Waals surface area contributed by atoms with E-state index in [0.29, 0.717) is 22.8 Å². The molecule has 0 aromatic heterocycles. The van der Waals surface area contributed by atoms with E-state index in [0.717, 1.165) is 33.6 Å². The van der Waals surface area contributed by atoms with Crippen LogP contribution in [0.3, 0.4) is 0 Å². The SMILES string of the molecule is COCOc1ccc(-c2ccc(OC)cc2C(=O)Oc2c(C(C)(C)C)cc(OC)cc2C(C)(C)C)c(C)c1. The lowest BCUT2D eigenvalue weighted by atomic mass is 9.79. The van der Waals surface area contributed by atoms with E-state index in [1.165, 1.54) is 0 Å². The number of carbonyl (C=O) groups excluding carboxylic acids is 1. The molecule has 0 saturated heterocycles. The van der Waals surface area contributed by atoms with Crippen molar-refractivity contribution in [2.45, 2.75) is 59.3 Å². The molecule has 0 bridgehead atoms. The molecule has 0 amide bonds. The number of methoxy groups -OCH3 is 3. The molecule has 38 heavy (non-hydrogen) atoms. The Labute approximate surface area is 226 Å². The van der Waals surface area contributed by atoms with Crippen LogP contribution in [0.5, 0.6) is 23.0 Å². The normalized spacial score (nSPS) is 11.7. The van der Waals surface area contributed by atoms with Crippen molar-refractivity contribution in [3.8, 4) is 34.1 Å². The molecule has 0 aliphatic carbocycles. The topological polar surface area (TPSA) is 63.2 Å². The summed E-state index contributed by atoms with van der Waals surface area (Å²) in [4.78, 5) is 14.0. The maximum Gasteiger partial charge on any atom is 0.344 e. The van der Waals surface area contributed by atoms with Gasteiger partial charge in [-0.25, -0.2) is 4.79 Å². The van der Waals surface area contributed by atoms with Gasteiger partial charge in [0.15, 0.2) is 6.79 Å². The zero-order chi connectivity index (χ0) is 28.3. The van der Waals surface area contributed by atoms with Gasteiger partial charge in [0.25, 0.3) is 0 Å². The third-order valence-electron chi connectivity index (χ3n) is 6.39. The van der Waals surface area contributed by atoms with Crippen LogP contribution in [0.25, 0.3) is 11.1 Å². The van der Waals surface area contributed by atoms with Crippen LogP contribution in [-0.4, -0.2) is 34.1 Å². The van der Waals surface area contributed by atoms with Gasteiger partial charge in [-0.3, -0.25) is 0 Å². The molecule has 0 saturated carbocycles. The van der Waals surface area contributed by atoms with Gasteiger partial charge in [0.05, 0.1) is 19.8 Å². The molecule has 0 aliphatic rings. The first-order valence-corrected chi connectivity index (χ1v) is 12.7. The second-order valence-corrected chi connectivity index (χ2v) is 11.4. The summed E-state index contributed by atoms with van der Waals surface area (Å²) in [5, 5.41) is 0. The van der Waals surface area contributed by atoms with Crippen molar-refractivity contribution in [2.75, 3.05) is 28.1 Å². The summed E-state index contributed by atoms with van der Waals surface area (Å²) in [7, 11) is 4.81. The molecule has 0 unspecified atom stereocenters. The van der Waals surface area contributed by atoms with E-state index in [-0.39, 0.29) is 17.6 Å². The first-order chi connectivity index (χ1) is 17.8. The van der Waals surface area contributed by atoms with Gasteiger partial charge in [-0.15, -0.1) is 0 Å². The molecule has 0 heterocycles. The minimum absolute atomic E-state index is 0.160. The highest BCUT2D eigenvalue weighted by Gasteiger charge is 2.30. The first kappa shape index (κ1) is 29.1. The van der Waals surface area contributed by atoms with Crippen molar-refractivity contribution in [3.05, 3.63) is 70.8 Å². The predicted octanol–water partition coefficient (Wildman–Crippen LogP) is 7.48. The number of hydrogen-bond donors (Lipinski definition) is 0. The summed E-state index contributed by atoms with van der Waals surface area (Å²) in [6.07, 6.45) is 0. The molecular weight excluding hydrogens is 480 g/mol. The molecule has 0 N–H and O–H groups in total. The maximum atomic E-state index is 14.0. The number of hydrogen-bond acceptors (Lipinski definition) is 6. The molecule has 3 aromatic rings. The Morgan fingerprint density at radius 1 is 0.711 bits per heavy atom. The number of benzene rings is 3. The van der Waals surface area contributed by atoms with Crippen LogP contribution in [-0.2, 0) is 15.6 Å². The Kier molecular flexibility index (Phi) is 8.78. The summed E-state index contributed by atoms with van der Waals surface area (Å²) in [6, 6.07) is 15.1. The molecule has 204 valence electrons. The monoisotopic (exact) mass is 520 g/mol. The summed E-state index contributed by atoms with van der Waals surface area (Å²) in [5.41, 5.74) is 4.21. The number of rotatable bonds is 8. The van der Waals surface area contributed by atoms with Crippen LogP contribution in [0.4, 0.5) is 0 Å². The fourth-order valence-electron chi connectivity index (χ4n) is 4.30. The van der Waals surface area contributed by atoms with Crippen LogP contribution in [0.1, 0.15) is 68.6 Å². The summed E-state index contributed by atoms with van der Waals surface area (Å²) in [5.74, 6) is 2.09. The van der Waals surface area contributed by atoms with Gasteiger partial charge in [-0.2, -0.15) is 0 Å². The van der Waals surface area contributed by atoms with E-state index in [1.807, 2.05) is 49.4 Å². The van der Waals surface area contributed by atoms with Gasteiger partial charge in [-0.1, -0.05) is 47.6 Å². The average Bonchev–Trinajstić information content (AvgIpc) is 2.86. The van der Waals surface area contributed by atoms with Crippen LogP contribution in [0, 0.1) is 6.92 Å². The summed E-state index contributed by atoms with van der Waals surface area (Å²) >= 11 is 0. The summed E-state index contributed by atoms with van der Waals surface area (Å²) < 4.78 is 28.0. The average molecular weight is 521 g/mol. The minimum Gasteiger partial charge on any atom is -0.497 e. The molecule has 0 spiro atoms. The lowest BCUT2D eigenvalue weighted by molar-refractivity contribution is 0.0511. The van der Waals surface area contributed by atoms with Crippen molar-refractivity contribution in [1.82, 2.24) is 0 Å². The van der Waals surface area contributed by atoms with Crippen molar-refractivity contribution < 1.29 is 28.5 Å². The smallest absolute Gasteiger partial charge is 0.344 e. The van der Waals surface area contributed by atoms with Crippen molar-refractivity contribution in [2.24, 2.45) is 0 Å². The Hall–Kier alpha value is -3.51. The lowest BCUT2D eigenvalue weighted by Gasteiger charge is -2.30. The third-order valence-corrected chi connectivity index (χ3v) is 6.39. The highest BCUT2D eigenvalue weighted by Crippen LogP contribution is 2.43. The number of aryl methyl sites for hydroxylation is 1. The highest BCUT2D eigenvalue weighted by atomic mass is 16.7. The predicted molar refractivity (Wildman–Crippen MR) is 151 cm³/mol. The Morgan fingerprint density at radius 3 is 1.76 bits per heavy atom. The Morgan fingerprint density at radius 2 is 1.26 bits per heavy atom. The first-order valence-electron chi connectivity index (χ1n) is 12.7. The highest BCUT2D eigenvalue weighted by molar-refractivity contribution is 5.99. The lowest BCUT2D eigenvalue weighted by Crippen LogP contribution is -2.22. The van der Waals surface area contributed by atoms with E-state index in [9.17, 15) is 4.79 Å². The molecule has 0 fully saturated rings. The van der Waals surface area contributed by atoms with Crippen molar-refractivity contribution in [1.29, 1.82) is 0 Å². The van der Waals surface area contributed by atoms with E-state index in [1.54, 1.807) is 27.4 Å². The van der Waals surface area contributed by atoms with Gasteiger partial charge in [0.1, 0.15) is 23.0 Å². The largest absolute Gasteiger partial charge is 0.497 e. The maximum absolute atomic E-state index is 14.0. The van der Waals surface area contributed by atoms with Gasteiger partial charge in [0.2, 0.25) is 0 Å². The van der Waals surface area contributed by atoms with Crippen molar-refractivity contribution in [3.63, 3.8) is 0 Å². The Bertz CT molecular complexity index is 1260. The number of esters is 1. The van der Waals surface area contributed by atoms with E-state index < -0.39 is 5.97 Å². The minimum atomic E-state index is -0.459. The molecular formula is C32H40O6.